The topological polar surface area (TPSA) is 76.1 Å². The minimum atomic E-state index is -0.808. The zero-order valence-corrected chi connectivity index (χ0v) is 23.5. The number of carbonyl (C=O) groups is 2. The van der Waals surface area contributed by atoms with Crippen LogP contribution in [-0.2, 0) is 9.59 Å². The number of benzene rings is 3. The molecule has 1 amide bonds. The standard InChI is InChI=1S/C33H37NO5/c1-7-38-26-17-18-27(28(19-26)39-8-2)31(35)29-30(24-11-9-22(10-12-24)20(3)4)34(33(37)32(29)36)25-15-13-23(14-16-25)21(5)6/h9-21,30,35H,7-8H2,1-6H3/b31-29-. The van der Waals surface area contributed by atoms with Gasteiger partial charge in [0.2, 0.25) is 0 Å². The molecule has 1 N–H and O–H groups in total. The van der Waals surface area contributed by atoms with Gasteiger partial charge in [-0.2, -0.15) is 0 Å². The molecule has 1 heterocycles. The van der Waals surface area contributed by atoms with Gasteiger partial charge >= 0.3 is 0 Å². The van der Waals surface area contributed by atoms with E-state index in [4.69, 9.17) is 9.47 Å². The van der Waals surface area contributed by atoms with Crippen LogP contribution in [0.2, 0.25) is 0 Å². The number of aliphatic hydroxyl groups is 1. The number of ketones is 1. The summed E-state index contributed by atoms with van der Waals surface area (Å²) in [5.41, 5.74) is 3.95. The molecule has 0 aromatic heterocycles. The molecule has 1 aliphatic heterocycles. The number of nitrogens with zero attached hydrogens (tertiary/aromatic N) is 1. The van der Waals surface area contributed by atoms with E-state index in [1.165, 1.54) is 4.90 Å². The van der Waals surface area contributed by atoms with Crippen LogP contribution in [0, 0.1) is 0 Å². The third-order valence-electron chi connectivity index (χ3n) is 7.02. The molecule has 6 nitrogen and oxygen atoms in total. The first kappa shape index (κ1) is 28.0. The summed E-state index contributed by atoms with van der Waals surface area (Å²) in [6.07, 6.45) is 0. The molecule has 39 heavy (non-hydrogen) atoms. The van der Waals surface area contributed by atoms with Crippen LogP contribution in [0.15, 0.2) is 72.3 Å². The Morgan fingerprint density at radius 2 is 1.38 bits per heavy atom. The Bertz CT molecular complexity index is 1370. The molecule has 0 aliphatic carbocycles. The van der Waals surface area contributed by atoms with Gasteiger partial charge in [-0.3, -0.25) is 14.5 Å². The molecule has 1 atom stereocenters. The van der Waals surface area contributed by atoms with E-state index in [0.29, 0.717) is 47.8 Å². The highest BCUT2D eigenvalue weighted by atomic mass is 16.5. The Balaban J connectivity index is 1.92. The van der Waals surface area contributed by atoms with Gasteiger partial charge in [0.1, 0.15) is 17.3 Å². The first-order valence-electron chi connectivity index (χ1n) is 13.6. The molecule has 0 spiro atoms. The fraction of sp³-hybridized carbons (Fsp3) is 0.333. The van der Waals surface area contributed by atoms with Crippen molar-refractivity contribution in [2.24, 2.45) is 0 Å². The van der Waals surface area contributed by atoms with E-state index in [0.717, 1.165) is 16.7 Å². The average Bonchev–Trinajstić information content (AvgIpc) is 3.19. The Morgan fingerprint density at radius 3 is 1.92 bits per heavy atom. The molecule has 1 aliphatic rings. The summed E-state index contributed by atoms with van der Waals surface area (Å²) in [6, 6.07) is 19.8. The lowest BCUT2D eigenvalue weighted by molar-refractivity contribution is -0.132. The first-order chi connectivity index (χ1) is 18.7. The van der Waals surface area contributed by atoms with Crippen molar-refractivity contribution in [2.45, 2.75) is 59.4 Å². The lowest BCUT2D eigenvalue weighted by Gasteiger charge is -2.26. The summed E-state index contributed by atoms with van der Waals surface area (Å²) in [4.78, 5) is 28.6. The van der Waals surface area contributed by atoms with E-state index in [9.17, 15) is 14.7 Å². The van der Waals surface area contributed by atoms with E-state index in [1.54, 1.807) is 18.2 Å². The summed E-state index contributed by atoms with van der Waals surface area (Å²) in [5.74, 6) is -0.0899. The fourth-order valence-corrected chi connectivity index (χ4v) is 4.87. The first-order valence-corrected chi connectivity index (χ1v) is 13.6. The summed E-state index contributed by atoms with van der Waals surface area (Å²) in [7, 11) is 0. The van der Waals surface area contributed by atoms with Crippen molar-refractivity contribution in [1.29, 1.82) is 0 Å². The number of hydrogen-bond acceptors (Lipinski definition) is 5. The van der Waals surface area contributed by atoms with Crippen LogP contribution in [0.3, 0.4) is 0 Å². The lowest BCUT2D eigenvalue weighted by atomic mass is 9.92. The third-order valence-corrected chi connectivity index (χ3v) is 7.02. The van der Waals surface area contributed by atoms with Gasteiger partial charge in [-0.15, -0.1) is 0 Å². The normalized spacial score (nSPS) is 16.8. The summed E-state index contributed by atoms with van der Waals surface area (Å²) < 4.78 is 11.4. The molecule has 204 valence electrons. The molecule has 0 saturated carbocycles. The predicted octanol–water partition coefficient (Wildman–Crippen LogP) is 7.36. The Morgan fingerprint density at radius 1 is 0.821 bits per heavy atom. The van der Waals surface area contributed by atoms with E-state index < -0.39 is 17.7 Å². The second kappa shape index (κ2) is 11.8. The molecule has 6 heteroatoms. The zero-order chi connectivity index (χ0) is 28.3. The molecule has 4 rings (SSSR count). The predicted molar refractivity (Wildman–Crippen MR) is 155 cm³/mol. The maximum Gasteiger partial charge on any atom is 0.300 e. The molecule has 1 saturated heterocycles. The van der Waals surface area contributed by atoms with Crippen molar-refractivity contribution in [3.63, 3.8) is 0 Å². The van der Waals surface area contributed by atoms with Crippen LogP contribution in [0.4, 0.5) is 5.69 Å². The second-order valence-corrected chi connectivity index (χ2v) is 10.3. The number of aliphatic hydroxyl groups excluding tert-OH is 1. The van der Waals surface area contributed by atoms with Gasteiger partial charge in [0.15, 0.2) is 0 Å². The van der Waals surface area contributed by atoms with Crippen molar-refractivity contribution in [3.05, 3.63) is 94.6 Å². The van der Waals surface area contributed by atoms with Crippen LogP contribution in [-0.4, -0.2) is 30.0 Å². The largest absolute Gasteiger partial charge is 0.507 e. The monoisotopic (exact) mass is 527 g/mol. The Kier molecular flexibility index (Phi) is 8.44. The van der Waals surface area contributed by atoms with Crippen molar-refractivity contribution >= 4 is 23.1 Å². The maximum absolute atomic E-state index is 13.6. The van der Waals surface area contributed by atoms with Gasteiger partial charge in [-0.1, -0.05) is 64.1 Å². The maximum atomic E-state index is 13.6. The van der Waals surface area contributed by atoms with Gasteiger partial charge in [0.05, 0.1) is 30.4 Å². The highest BCUT2D eigenvalue weighted by Gasteiger charge is 2.47. The number of hydrogen-bond donors (Lipinski definition) is 1. The zero-order valence-electron chi connectivity index (χ0n) is 23.5. The minimum absolute atomic E-state index is 0.0235. The van der Waals surface area contributed by atoms with Crippen molar-refractivity contribution < 1.29 is 24.2 Å². The van der Waals surface area contributed by atoms with Crippen molar-refractivity contribution in [3.8, 4) is 11.5 Å². The molecule has 3 aromatic rings. The quantitative estimate of drug-likeness (QED) is 0.179. The number of anilines is 1. The van der Waals surface area contributed by atoms with Crippen molar-refractivity contribution in [2.75, 3.05) is 18.1 Å². The number of ether oxygens (including phenoxy) is 2. The van der Waals surface area contributed by atoms with E-state index in [2.05, 4.69) is 27.7 Å². The molecule has 0 bridgehead atoms. The highest BCUT2D eigenvalue weighted by molar-refractivity contribution is 6.51. The van der Waals surface area contributed by atoms with Crippen LogP contribution in [0.25, 0.3) is 5.76 Å². The van der Waals surface area contributed by atoms with Gasteiger partial charge in [-0.05, 0) is 66.6 Å². The van der Waals surface area contributed by atoms with E-state index >= 15 is 0 Å². The Hall–Kier alpha value is -4.06. The van der Waals surface area contributed by atoms with Crippen LogP contribution in [0.5, 0.6) is 11.5 Å². The Labute approximate surface area is 230 Å². The number of carbonyl (C=O) groups excluding carboxylic acids is 2. The van der Waals surface area contributed by atoms with Gasteiger partial charge in [-0.25, -0.2) is 0 Å². The molecule has 3 aromatic carbocycles. The minimum Gasteiger partial charge on any atom is -0.507 e. The summed E-state index contributed by atoms with van der Waals surface area (Å²) >= 11 is 0. The second-order valence-electron chi connectivity index (χ2n) is 10.3. The highest BCUT2D eigenvalue weighted by Crippen LogP contribution is 2.44. The van der Waals surface area contributed by atoms with Crippen LogP contribution >= 0.6 is 0 Å². The SMILES string of the molecule is CCOc1ccc(/C(O)=C2/C(=O)C(=O)N(c3ccc(C(C)C)cc3)C2c2ccc(C(C)C)cc2)c(OCC)c1. The summed E-state index contributed by atoms with van der Waals surface area (Å²) in [5, 5.41) is 11.7. The van der Waals surface area contributed by atoms with Crippen molar-refractivity contribution in [1.82, 2.24) is 0 Å². The van der Waals surface area contributed by atoms with E-state index in [1.807, 2.05) is 62.4 Å². The smallest absolute Gasteiger partial charge is 0.300 e. The lowest BCUT2D eigenvalue weighted by Crippen LogP contribution is -2.29. The van der Waals surface area contributed by atoms with E-state index in [-0.39, 0.29) is 11.3 Å². The van der Waals surface area contributed by atoms with Crippen LogP contribution < -0.4 is 14.4 Å². The molecular formula is C33H37NO5. The third kappa shape index (κ3) is 5.56. The average molecular weight is 528 g/mol. The van der Waals surface area contributed by atoms with Gasteiger partial charge < -0.3 is 14.6 Å². The molecule has 1 unspecified atom stereocenters. The molecule has 1 fully saturated rings. The summed E-state index contributed by atoms with van der Waals surface area (Å²) in [6.45, 7) is 13.0. The van der Waals surface area contributed by atoms with Gasteiger partial charge in [0, 0.05) is 11.8 Å². The van der Waals surface area contributed by atoms with Gasteiger partial charge in [0.25, 0.3) is 11.7 Å². The number of rotatable bonds is 9. The fourth-order valence-electron chi connectivity index (χ4n) is 4.87. The van der Waals surface area contributed by atoms with Crippen LogP contribution in [0.1, 0.15) is 81.7 Å². The molecular weight excluding hydrogens is 490 g/mol. The number of Topliss-reactive ketones (excluding diaryl/α,β-unsaturated/α-hetero) is 1. The molecule has 0 radical (unpaired) electrons. The number of amides is 1.